The number of nitrogens with zero attached hydrogens (tertiary/aromatic N) is 3. The molecule has 5 heteroatoms. The van der Waals surface area contributed by atoms with Crippen LogP contribution in [0.2, 0.25) is 5.02 Å². The summed E-state index contributed by atoms with van der Waals surface area (Å²) in [7, 11) is 1.62. The highest BCUT2D eigenvalue weighted by Crippen LogP contribution is 2.25. The number of pyridine rings is 1. The first-order chi connectivity index (χ1) is 8.78. The van der Waals surface area contributed by atoms with Gasteiger partial charge in [-0.15, -0.1) is 5.10 Å². The Kier molecular flexibility index (Phi) is 2.64. The van der Waals surface area contributed by atoms with Crippen molar-refractivity contribution in [1.82, 2.24) is 14.6 Å². The summed E-state index contributed by atoms with van der Waals surface area (Å²) in [5.74, 6) is 1.34. The van der Waals surface area contributed by atoms with Gasteiger partial charge in [0.05, 0.1) is 18.3 Å². The van der Waals surface area contributed by atoms with Gasteiger partial charge in [0, 0.05) is 5.56 Å². The van der Waals surface area contributed by atoms with Crippen molar-refractivity contribution in [3.63, 3.8) is 0 Å². The summed E-state index contributed by atoms with van der Waals surface area (Å²) in [5, 5.41) is 5.03. The first-order valence-corrected chi connectivity index (χ1v) is 5.81. The smallest absolute Gasteiger partial charge is 0.183 e. The predicted molar refractivity (Wildman–Crippen MR) is 70.0 cm³/mol. The zero-order valence-electron chi connectivity index (χ0n) is 9.67. The summed E-state index contributed by atoms with van der Waals surface area (Å²) >= 11 is 6.13. The minimum absolute atomic E-state index is 0.605. The van der Waals surface area contributed by atoms with E-state index in [-0.39, 0.29) is 0 Å². The van der Waals surface area contributed by atoms with E-state index in [4.69, 9.17) is 16.3 Å². The fourth-order valence-electron chi connectivity index (χ4n) is 1.74. The Hall–Kier alpha value is -2.07. The van der Waals surface area contributed by atoms with Crippen molar-refractivity contribution in [2.24, 2.45) is 0 Å². The lowest BCUT2D eigenvalue weighted by molar-refractivity contribution is 0.411. The molecule has 2 aromatic heterocycles. The van der Waals surface area contributed by atoms with Gasteiger partial charge >= 0.3 is 0 Å². The molecule has 4 nitrogen and oxygen atoms in total. The Morgan fingerprint density at radius 3 is 2.78 bits per heavy atom. The maximum Gasteiger partial charge on any atom is 0.183 e. The molecule has 3 rings (SSSR count). The van der Waals surface area contributed by atoms with Crippen LogP contribution in [0.5, 0.6) is 5.75 Å². The standard InChI is InChI=1S/C13H10ClN3O/c1-18-9-6-7-12-15-13(16-17(12)8-9)10-4-2-3-5-11(10)14/h2-8H,1H3. The topological polar surface area (TPSA) is 39.4 Å². The fourth-order valence-corrected chi connectivity index (χ4v) is 1.96. The summed E-state index contributed by atoms with van der Waals surface area (Å²) in [6.45, 7) is 0. The Balaban J connectivity index is 2.17. The molecule has 90 valence electrons. The second-order valence-corrected chi connectivity index (χ2v) is 4.19. The number of fused-ring (bicyclic) bond motifs is 1. The Bertz CT molecular complexity index is 708. The second-order valence-electron chi connectivity index (χ2n) is 3.79. The Morgan fingerprint density at radius 1 is 1.17 bits per heavy atom. The summed E-state index contributed by atoms with van der Waals surface area (Å²) in [6, 6.07) is 11.2. The molecule has 3 aromatic rings. The van der Waals surface area contributed by atoms with Gasteiger partial charge in [0.1, 0.15) is 5.75 Å². The number of halogens is 1. The molecule has 0 bridgehead atoms. The predicted octanol–water partition coefficient (Wildman–Crippen LogP) is 3.06. The van der Waals surface area contributed by atoms with Crippen molar-refractivity contribution in [3.05, 3.63) is 47.6 Å². The summed E-state index contributed by atoms with van der Waals surface area (Å²) in [4.78, 5) is 4.43. The number of hydrogen-bond acceptors (Lipinski definition) is 3. The molecule has 0 unspecified atom stereocenters. The monoisotopic (exact) mass is 259 g/mol. The van der Waals surface area contributed by atoms with E-state index < -0.39 is 0 Å². The molecule has 18 heavy (non-hydrogen) atoms. The fraction of sp³-hybridized carbons (Fsp3) is 0.0769. The molecule has 0 atom stereocenters. The highest BCUT2D eigenvalue weighted by atomic mass is 35.5. The maximum absolute atomic E-state index is 6.13. The second kappa shape index (κ2) is 4.31. The largest absolute Gasteiger partial charge is 0.495 e. The number of methoxy groups -OCH3 is 1. The summed E-state index contributed by atoms with van der Waals surface area (Å²) < 4.78 is 6.82. The molecule has 0 amide bonds. The van der Waals surface area contributed by atoms with Gasteiger partial charge in [-0.1, -0.05) is 23.7 Å². The van der Waals surface area contributed by atoms with Gasteiger partial charge in [0.2, 0.25) is 0 Å². The van der Waals surface area contributed by atoms with Crippen molar-refractivity contribution in [2.45, 2.75) is 0 Å². The molecule has 0 saturated carbocycles. The molecule has 0 aliphatic heterocycles. The minimum Gasteiger partial charge on any atom is -0.495 e. The van der Waals surface area contributed by atoms with E-state index in [0.717, 1.165) is 17.0 Å². The molecule has 0 radical (unpaired) electrons. The van der Waals surface area contributed by atoms with E-state index in [2.05, 4.69) is 10.1 Å². The van der Waals surface area contributed by atoms with Gasteiger partial charge < -0.3 is 4.74 Å². The normalized spacial score (nSPS) is 10.8. The molecular formula is C13H10ClN3O. The van der Waals surface area contributed by atoms with E-state index in [9.17, 15) is 0 Å². The molecule has 0 saturated heterocycles. The van der Waals surface area contributed by atoms with Crippen molar-refractivity contribution in [2.75, 3.05) is 7.11 Å². The Morgan fingerprint density at radius 2 is 2.00 bits per heavy atom. The average Bonchev–Trinajstić information content (AvgIpc) is 2.81. The minimum atomic E-state index is 0.605. The lowest BCUT2D eigenvalue weighted by Crippen LogP contribution is -1.90. The average molecular weight is 260 g/mol. The quantitative estimate of drug-likeness (QED) is 0.710. The molecule has 2 heterocycles. The van der Waals surface area contributed by atoms with Crippen LogP contribution in [0.15, 0.2) is 42.6 Å². The number of rotatable bonds is 2. The lowest BCUT2D eigenvalue weighted by Gasteiger charge is -1.98. The zero-order chi connectivity index (χ0) is 12.5. The van der Waals surface area contributed by atoms with Crippen LogP contribution in [0.25, 0.3) is 17.0 Å². The van der Waals surface area contributed by atoms with Gasteiger partial charge in [-0.3, -0.25) is 0 Å². The number of benzene rings is 1. The van der Waals surface area contributed by atoms with E-state index >= 15 is 0 Å². The van der Waals surface area contributed by atoms with Gasteiger partial charge in [-0.2, -0.15) is 0 Å². The van der Waals surface area contributed by atoms with Crippen LogP contribution < -0.4 is 4.74 Å². The van der Waals surface area contributed by atoms with Crippen molar-refractivity contribution in [1.29, 1.82) is 0 Å². The van der Waals surface area contributed by atoms with Crippen LogP contribution in [0.1, 0.15) is 0 Å². The molecule has 0 fully saturated rings. The SMILES string of the molecule is COc1ccc2nc(-c3ccccc3Cl)nn2c1. The van der Waals surface area contributed by atoms with E-state index in [1.54, 1.807) is 17.8 Å². The number of aromatic nitrogens is 3. The van der Waals surface area contributed by atoms with Gasteiger partial charge in [0.25, 0.3) is 0 Å². The lowest BCUT2D eigenvalue weighted by atomic mass is 10.2. The molecular weight excluding hydrogens is 250 g/mol. The summed E-state index contributed by atoms with van der Waals surface area (Å²) in [5.41, 5.74) is 1.58. The number of ether oxygens (including phenoxy) is 1. The van der Waals surface area contributed by atoms with Crippen LogP contribution in [-0.4, -0.2) is 21.7 Å². The van der Waals surface area contributed by atoms with E-state index in [0.29, 0.717) is 10.8 Å². The summed E-state index contributed by atoms with van der Waals surface area (Å²) in [6.07, 6.45) is 1.78. The van der Waals surface area contributed by atoms with Crippen LogP contribution in [-0.2, 0) is 0 Å². The van der Waals surface area contributed by atoms with Crippen LogP contribution >= 0.6 is 11.6 Å². The highest BCUT2D eigenvalue weighted by Gasteiger charge is 2.09. The van der Waals surface area contributed by atoms with Crippen molar-refractivity contribution in [3.8, 4) is 17.1 Å². The van der Waals surface area contributed by atoms with Gasteiger partial charge in [0.15, 0.2) is 11.5 Å². The third kappa shape index (κ3) is 1.80. The van der Waals surface area contributed by atoms with Crippen molar-refractivity contribution < 1.29 is 4.74 Å². The molecule has 0 N–H and O–H groups in total. The third-order valence-corrected chi connectivity index (χ3v) is 2.98. The van der Waals surface area contributed by atoms with Crippen LogP contribution in [0.3, 0.4) is 0 Å². The van der Waals surface area contributed by atoms with Crippen molar-refractivity contribution >= 4 is 17.2 Å². The van der Waals surface area contributed by atoms with Gasteiger partial charge in [-0.05, 0) is 24.3 Å². The molecule has 0 spiro atoms. The Labute approximate surface area is 109 Å². The highest BCUT2D eigenvalue weighted by molar-refractivity contribution is 6.33. The van der Waals surface area contributed by atoms with Crippen LogP contribution in [0, 0.1) is 0 Å². The first kappa shape index (κ1) is 11.0. The van der Waals surface area contributed by atoms with Crippen LogP contribution in [0.4, 0.5) is 0 Å². The first-order valence-electron chi connectivity index (χ1n) is 5.43. The molecule has 0 aliphatic rings. The zero-order valence-corrected chi connectivity index (χ0v) is 10.4. The van der Waals surface area contributed by atoms with E-state index in [1.165, 1.54) is 0 Å². The molecule has 0 aliphatic carbocycles. The van der Waals surface area contributed by atoms with E-state index in [1.807, 2.05) is 36.4 Å². The molecule has 1 aromatic carbocycles. The number of hydrogen-bond donors (Lipinski definition) is 0. The van der Waals surface area contributed by atoms with Gasteiger partial charge in [-0.25, -0.2) is 9.50 Å². The maximum atomic E-state index is 6.13. The third-order valence-electron chi connectivity index (χ3n) is 2.65.